The van der Waals surface area contributed by atoms with Gasteiger partial charge in [0.25, 0.3) is 0 Å². The average molecular weight is 530 g/mol. The van der Waals surface area contributed by atoms with Crippen LogP contribution in [0.25, 0.3) is 10.8 Å². The molecule has 0 spiro atoms. The Morgan fingerprint density at radius 1 is 1.14 bits per heavy atom. The van der Waals surface area contributed by atoms with Crippen LogP contribution in [-0.2, 0) is 14.8 Å². The van der Waals surface area contributed by atoms with Gasteiger partial charge in [0, 0.05) is 50.2 Å². The van der Waals surface area contributed by atoms with Gasteiger partial charge in [-0.05, 0) is 43.7 Å². The zero-order chi connectivity index (χ0) is 27.2. The van der Waals surface area contributed by atoms with Gasteiger partial charge in [-0.2, -0.15) is 4.72 Å². The van der Waals surface area contributed by atoms with Gasteiger partial charge in [-0.15, -0.1) is 0 Å². The zero-order valence-electron chi connectivity index (χ0n) is 21.9. The third kappa shape index (κ3) is 6.98. The van der Waals surface area contributed by atoms with Crippen molar-refractivity contribution in [1.82, 2.24) is 14.9 Å². The molecule has 0 bridgehead atoms. The summed E-state index contributed by atoms with van der Waals surface area (Å²) in [6.07, 6.45) is 3.56. The minimum atomic E-state index is -4.03. The number of nitrogens with zero attached hydrogens (tertiary/aromatic N) is 2. The van der Waals surface area contributed by atoms with Crippen molar-refractivity contribution in [2.45, 2.75) is 50.0 Å². The molecule has 1 fully saturated rings. The fourth-order valence-corrected chi connectivity index (χ4v) is 6.21. The van der Waals surface area contributed by atoms with Crippen molar-refractivity contribution in [1.29, 1.82) is 10.8 Å². The first-order valence-electron chi connectivity index (χ1n) is 12.7. The number of carbonyl (C=O) groups excluding carboxylic acids is 1. The minimum Gasteiger partial charge on any atom is -0.381 e. The number of likely N-dealkylation sites (tertiary alicyclic amines) is 1. The summed E-state index contributed by atoms with van der Waals surface area (Å²) in [4.78, 5) is 17.3. The van der Waals surface area contributed by atoms with Crippen LogP contribution in [0, 0.1) is 16.7 Å². The molecular formula is C26H39N7O3S. The molecule has 37 heavy (non-hydrogen) atoms. The van der Waals surface area contributed by atoms with E-state index in [1.54, 1.807) is 23.1 Å². The lowest BCUT2D eigenvalue weighted by atomic mass is 9.94. The van der Waals surface area contributed by atoms with E-state index in [0.29, 0.717) is 37.4 Å². The van der Waals surface area contributed by atoms with Crippen molar-refractivity contribution in [3.05, 3.63) is 36.4 Å². The first-order chi connectivity index (χ1) is 17.5. The number of hydrogen-bond acceptors (Lipinski definition) is 6. The number of amidine groups is 2. The van der Waals surface area contributed by atoms with Crippen LogP contribution < -0.4 is 20.7 Å². The van der Waals surface area contributed by atoms with Gasteiger partial charge in [-0.25, -0.2) is 8.42 Å². The number of amides is 1. The van der Waals surface area contributed by atoms with Gasteiger partial charge in [0.15, 0.2) is 11.7 Å². The average Bonchev–Trinajstić information content (AvgIpc) is 2.88. The van der Waals surface area contributed by atoms with E-state index in [-0.39, 0.29) is 28.9 Å². The summed E-state index contributed by atoms with van der Waals surface area (Å²) in [5, 5.41) is 19.1. The van der Waals surface area contributed by atoms with Crippen molar-refractivity contribution < 1.29 is 13.2 Å². The molecule has 2 aromatic rings. The highest BCUT2D eigenvalue weighted by atomic mass is 32.2. The van der Waals surface area contributed by atoms with E-state index < -0.39 is 16.1 Å². The number of nitrogens with one attached hydrogen (secondary N) is 4. The smallest absolute Gasteiger partial charge is 0.241 e. The SMILES string of the molecule is CCC1CCN(C(=O)C(CCCNC(=N)C(=N)N)NS(=O)(=O)c2cccc3c(N(C)C)cccc23)CC1. The summed E-state index contributed by atoms with van der Waals surface area (Å²) in [6.45, 7) is 3.67. The summed E-state index contributed by atoms with van der Waals surface area (Å²) in [7, 11) is -0.213. The fraction of sp³-hybridized carbons (Fsp3) is 0.500. The number of nitrogens with two attached hydrogens (primary N) is 1. The summed E-state index contributed by atoms with van der Waals surface area (Å²) in [5.74, 6) is -0.214. The Labute approximate surface area is 219 Å². The number of anilines is 1. The monoisotopic (exact) mass is 529 g/mol. The van der Waals surface area contributed by atoms with Crippen molar-refractivity contribution in [3.63, 3.8) is 0 Å². The maximum atomic E-state index is 13.7. The van der Waals surface area contributed by atoms with Crippen LogP contribution in [0.3, 0.4) is 0 Å². The molecule has 2 aromatic carbocycles. The van der Waals surface area contributed by atoms with Gasteiger partial charge in [-0.3, -0.25) is 15.6 Å². The molecule has 1 aliphatic rings. The van der Waals surface area contributed by atoms with Crippen LogP contribution in [0.4, 0.5) is 5.69 Å². The number of benzene rings is 2. The molecule has 0 saturated carbocycles. The van der Waals surface area contributed by atoms with Gasteiger partial charge < -0.3 is 20.9 Å². The topological polar surface area (TPSA) is 155 Å². The van der Waals surface area contributed by atoms with E-state index >= 15 is 0 Å². The van der Waals surface area contributed by atoms with E-state index in [4.69, 9.17) is 16.6 Å². The predicted octanol–water partition coefficient (Wildman–Crippen LogP) is 2.48. The molecule has 1 unspecified atom stereocenters. The number of rotatable bonds is 10. The zero-order valence-corrected chi connectivity index (χ0v) is 22.7. The van der Waals surface area contributed by atoms with Crippen LogP contribution in [0.15, 0.2) is 41.3 Å². The highest BCUT2D eigenvalue weighted by molar-refractivity contribution is 7.89. The maximum absolute atomic E-state index is 13.7. The van der Waals surface area contributed by atoms with Gasteiger partial charge in [0.05, 0.1) is 4.90 Å². The lowest BCUT2D eigenvalue weighted by Crippen LogP contribution is -2.51. The second-order valence-electron chi connectivity index (χ2n) is 9.73. The predicted molar refractivity (Wildman–Crippen MR) is 149 cm³/mol. The third-order valence-electron chi connectivity index (χ3n) is 6.97. The van der Waals surface area contributed by atoms with E-state index in [1.165, 1.54) is 0 Å². The molecule has 1 saturated heterocycles. The van der Waals surface area contributed by atoms with Gasteiger partial charge in [0.2, 0.25) is 15.9 Å². The minimum absolute atomic E-state index is 0.132. The molecule has 1 heterocycles. The number of fused-ring (bicyclic) bond motifs is 1. The lowest BCUT2D eigenvalue weighted by Gasteiger charge is -2.34. The lowest BCUT2D eigenvalue weighted by molar-refractivity contribution is -0.134. The Kier molecular flexibility index (Phi) is 9.50. The van der Waals surface area contributed by atoms with E-state index in [0.717, 1.165) is 30.3 Å². The molecule has 3 rings (SSSR count). The highest BCUT2D eigenvalue weighted by Crippen LogP contribution is 2.30. The number of hydrogen-bond donors (Lipinski definition) is 5. The summed E-state index contributed by atoms with van der Waals surface area (Å²) in [5.41, 5.74) is 6.21. The Balaban J connectivity index is 1.85. The van der Waals surface area contributed by atoms with Crippen LogP contribution in [0.1, 0.15) is 39.0 Å². The Hall–Kier alpha value is -3.18. The molecule has 0 aliphatic carbocycles. The first-order valence-corrected chi connectivity index (χ1v) is 14.2. The first kappa shape index (κ1) is 28.4. The van der Waals surface area contributed by atoms with Crippen molar-refractivity contribution in [2.24, 2.45) is 11.7 Å². The third-order valence-corrected chi connectivity index (χ3v) is 8.50. The molecule has 202 valence electrons. The van der Waals surface area contributed by atoms with Gasteiger partial charge >= 0.3 is 0 Å². The standard InChI is InChI=1S/C26H39N7O3S/c1-4-18-13-16-33(17-14-18)26(34)21(10-7-15-30-25(29)24(27)28)31-37(35,36)23-12-6-8-19-20(23)9-5-11-22(19)32(2)3/h5-6,8-9,11-12,18,21,31H,4,7,10,13-17H2,1-3H3,(H3,27,28)(H2,29,30). The van der Waals surface area contributed by atoms with Gasteiger partial charge in [0.1, 0.15) is 6.04 Å². The summed E-state index contributed by atoms with van der Waals surface area (Å²) in [6, 6.07) is 9.77. The second-order valence-corrected chi connectivity index (χ2v) is 11.4. The normalized spacial score (nSPS) is 15.4. The molecule has 10 nitrogen and oxygen atoms in total. The summed E-state index contributed by atoms with van der Waals surface area (Å²) >= 11 is 0. The fourth-order valence-electron chi connectivity index (χ4n) is 4.77. The molecule has 0 radical (unpaired) electrons. The highest BCUT2D eigenvalue weighted by Gasteiger charge is 2.31. The Bertz CT molecular complexity index is 1240. The van der Waals surface area contributed by atoms with Crippen LogP contribution in [-0.4, -0.2) is 70.7 Å². The number of piperidine rings is 1. The van der Waals surface area contributed by atoms with E-state index in [9.17, 15) is 13.2 Å². The van der Waals surface area contributed by atoms with Crippen LogP contribution in [0.5, 0.6) is 0 Å². The van der Waals surface area contributed by atoms with Crippen molar-refractivity contribution >= 4 is 44.1 Å². The molecule has 6 N–H and O–H groups in total. The maximum Gasteiger partial charge on any atom is 0.241 e. The van der Waals surface area contributed by atoms with E-state index in [1.807, 2.05) is 37.2 Å². The van der Waals surface area contributed by atoms with E-state index in [2.05, 4.69) is 17.0 Å². The molecule has 11 heteroatoms. The molecular weight excluding hydrogens is 490 g/mol. The Morgan fingerprint density at radius 2 is 1.78 bits per heavy atom. The largest absolute Gasteiger partial charge is 0.381 e. The number of sulfonamides is 1. The van der Waals surface area contributed by atoms with Crippen LogP contribution >= 0.6 is 0 Å². The van der Waals surface area contributed by atoms with Gasteiger partial charge in [-0.1, -0.05) is 37.6 Å². The number of carbonyl (C=O) groups is 1. The molecule has 0 aromatic heterocycles. The second kappa shape index (κ2) is 12.4. The molecule has 1 amide bonds. The van der Waals surface area contributed by atoms with Crippen molar-refractivity contribution in [2.75, 3.05) is 38.6 Å². The quantitative estimate of drug-likeness (QED) is 0.181. The molecule has 1 aliphatic heterocycles. The summed E-state index contributed by atoms with van der Waals surface area (Å²) < 4.78 is 30.0. The Morgan fingerprint density at radius 3 is 2.41 bits per heavy atom. The van der Waals surface area contributed by atoms with Crippen LogP contribution in [0.2, 0.25) is 0 Å². The van der Waals surface area contributed by atoms with Crippen molar-refractivity contribution in [3.8, 4) is 0 Å². The molecule has 1 atom stereocenters.